The lowest BCUT2D eigenvalue weighted by Crippen LogP contribution is -2.34. The Morgan fingerprint density at radius 2 is 2.03 bits per heavy atom. The van der Waals surface area contributed by atoms with E-state index in [9.17, 15) is 9.18 Å². The molecule has 3 N–H and O–H groups in total. The van der Waals surface area contributed by atoms with Crippen molar-refractivity contribution in [2.24, 2.45) is 5.92 Å². The van der Waals surface area contributed by atoms with Crippen molar-refractivity contribution in [3.8, 4) is 0 Å². The van der Waals surface area contributed by atoms with Crippen LogP contribution in [0.3, 0.4) is 0 Å². The molecule has 0 aliphatic carbocycles. The van der Waals surface area contributed by atoms with Crippen LogP contribution in [0.4, 0.5) is 10.3 Å². The smallest absolute Gasteiger partial charge is 0.251 e. The van der Waals surface area contributed by atoms with E-state index in [0.29, 0.717) is 17.0 Å². The number of carbonyl (C=O) groups excluding carboxylic acids is 1. The van der Waals surface area contributed by atoms with Gasteiger partial charge in [-0.1, -0.05) is 23.7 Å². The summed E-state index contributed by atoms with van der Waals surface area (Å²) in [7, 11) is 0. The Labute approximate surface area is 202 Å². The quantitative estimate of drug-likeness (QED) is 0.489. The number of fused-ring (bicyclic) bond motifs is 1. The Balaban J connectivity index is 1.37. The van der Waals surface area contributed by atoms with Gasteiger partial charge in [0, 0.05) is 42.9 Å². The van der Waals surface area contributed by atoms with Gasteiger partial charge in [-0.25, -0.2) is 14.4 Å². The molecular weight excluding hydrogens is 457 g/mol. The number of hydrogen-bond donors (Lipinski definition) is 3. The predicted molar refractivity (Wildman–Crippen MR) is 130 cm³/mol. The van der Waals surface area contributed by atoms with Gasteiger partial charge in [-0.3, -0.25) is 4.79 Å². The highest BCUT2D eigenvalue weighted by Crippen LogP contribution is 2.30. The van der Waals surface area contributed by atoms with E-state index in [0.717, 1.165) is 56.5 Å². The molecule has 0 radical (unpaired) electrons. The minimum absolute atomic E-state index is 0.0506. The number of nitrogens with zero attached hydrogens (tertiary/aromatic N) is 2. The van der Waals surface area contributed by atoms with Gasteiger partial charge in [-0.05, 0) is 61.6 Å². The van der Waals surface area contributed by atoms with Crippen molar-refractivity contribution in [3.05, 3.63) is 64.6 Å². The molecule has 1 aromatic heterocycles. The second-order valence-corrected chi connectivity index (χ2v) is 9.28. The lowest BCUT2D eigenvalue weighted by atomic mass is 9.91. The van der Waals surface area contributed by atoms with Crippen molar-refractivity contribution < 1.29 is 13.9 Å². The highest BCUT2D eigenvalue weighted by atomic mass is 35.5. The summed E-state index contributed by atoms with van der Waals surface area (Å²) in [4.78, 5) is 22.3. The molecule has 3 aromatic rings. The monoisotopic (exact) mass is 483 g/mol. The van der Waals surface area contributed by atoms with Crippen LogP contribution < -0.4 is 16.0 Å². The first-order valence-corrected chi connectivity index (χ1v) is 12.0. The molecule has 2 aliphatic heterocycles. The molecule has 34 heavy (non-hydrogen) atoms. The van der Waals surface area contributed by atoms with Gasteiger partial charge in [0.25, 0.3) is 5.91 Å². The highest BCUT2D eigenvalue weighted by molar-refractivity contribution is 6.30. The summed E-state index contributed by atoms with van der Waals surface area (Å²) in [5.41, 5.74) is 1.99. The maximum Gasteiger partial charge on any atom is 0.251 e. The average Bonchev–Trinajstić information content (AvgIpc) is 3.39. The molecule has 178 valence electrons. The average molecular weight is 484 g/mol. The summed E-state index contributed by atoms with van der Waals surface area (Å²) in [5.74, 6) is 0.0487. The lowest BCUT2D eigenvalue weighted by molar-refractivity contribution is 0.0902. The molecular formula is C25H27ClFN5O2. The van der Waals surface area contributed by atoms with Crippen LogP contribution in [0.15, 0.2) is 42.6 Å². The number of aromatic nitrogens is 2. The number of benzene rings is 2. The number of amides is 1. The molecule has 3 heterocycles. The van der Waals surface area contributed by atoms with Gasteiger partial charge < -0.3 is 20.7 Å². The summed E-state index contributed by atoms with van der Waals surface area (Å²) >= 11 is 6.04. The fraction of sp³-hybridized carbons (Fsp3) is 0.400. The number of hydrogen-bond acceptors (Lipinski definition) is 6. The van der Waals surface area contributed by atoms with Gasteiger partial charge in [0.15, 0.2) is 0 Å². The molecule has 1 amide bonds. The SMILES string of the molecule is O=C(N[C@@H](c1ccc(F)c(Cl)c1)[C@H]1CCNC1)c1ccc2cnc(NC3CCOCC3)nc2c1. The largest absolute Gasteiger partial charge is 0.381 e. The first-order valence-electron chi connectivity index (χ1n) is 11.6. The standard InChI is InChI=1S/C25H27ClFN5O2/c26-20-11-15(3-4-21(20)27)23(18-5-8-28-13-18)32-24(33)16-1-2-17-14-29-25(31-22(17)12-16)30-19-6-9-34-10-7-19/h1-4,11-12,14,18-19,23,28H,5-10,13H2,(H,32,33)(H,29,30,31)/t18-,23-/m0/s1. The second-order valence-electron chi connectivity index (χ2n) is 8.88. The van der Waals surface area contributed by atoms with Gasteiger partial charge in [0.05, 0.1) is 16.6 Å². The van der Waals surface area contributed by atoms with E-state index >= 15 is 0 Å². The molecule has 0 bridgehead atoms. The van der Waals surface area contributed by atoms with Gasteiger partial charge in [0.2, 0.25) is 5.95 Å². The number of carbonyl (C=O) groups is 1. The number of halogens is 2. The van der Waals surface area contributed by atoms with Crippen LogP contribution in [-0.2, 0) is 4.74 Å². The molecule has 2 saturated heterocycles. The minimum Gasteiger partial charge on any atom is -0.381 e. The zero-order valence-electron chi connectivity index (χ0n) is 18.7. The maximum absolute atomic E-state index is 13.7. The van der Waals surface area contributed by atoms with Crippen LogP contribution in [0.5, 0.6) is 0 Å². The van der Waals surface area contributed by atoms with E-state index in [4.69, 9.17) is 16.3 Å². The number of rotatable bonds is 6. The van der Waals surface area contributed by atoms with Crippen molar-refractivity contribution in [1.29, 1.82) is 0 Å². The molecule has 0 saturated carbocycles. The zero-order valence-corrected chi connectivity index (χ0v) is 19.4. The molecule has 7 nitrogen and oxygen atoms in total. The summed E-state index contributed by atoms with van der Waals surface area (Å²) in [5, 5.41) is 10.8. The Kier molecular flexibility index (Phi) is 6.89. The van der Waals surface area contributed by atoms with Gasteiger partial charge in [0.1, 0.15) is 5.82 Å². The molecule has 2 atom stereocenters. The van der Waals surface area contributed by atoms with Crippen LogP contribution in [0.25, 0.3) is 10.9 Å². The first-order chi connectivity index (χ1) is 16.6. The summed E-state index contributed by atoms with van der Waals surface area (Å²) in [6.07, 6.45) is 4.49. The predicted octanol–water partition coefficient (Wildman–Crippen LogP) is 4.09. The maximum atomic E-state index is 13.7. The minimum atomic E-state index is -0.473. The lowest BCUT2D eigenvalue weighted by Gasteiger charge is -2.25. The van der Waals surface area contributed by atoms with E-state index < -0.39 is 5.82 Å². The van der Waals surface area contributed by atoms with Crippen molar-refractivity contribution in [1.82, 2.24) is 20.6 Å². The number of nitrogens with one attached hydrogen (secondary N) is 3. The second kappa shape index (κ2) is 10.2. The van der Waals surface area contributed by atoms with E-state index in [1.54, 1.807) is 30.5 Å². The third-order valence-corrected chi connectivity index (χ3v) is 6.85. The third-order valence-electron chi connectivity index (χ3n) is 6.56. The van der Waals surface area contributed by atoms with Crippen LogP contribution in [0.2, 0.25) is 5.02 Å². The zero-order chi connectivity index (χ0) is 23.5. The fourth-order valence-corrected chi connectivity index (χ4v) is 4.81. The molecule has 9 heteroatoms. The van der Waals surface area contributed by atoms with Crippen LogP contribution in [0.1, 0.15) is 41.2 Å². The number of ether oxygens (including phenoxy) is 1. The first kappa shape index (κ1) is 23.0. The van der Waals surface area contributed by atoms with Crippen LogP contribution >= 0.6 is 11.6 Å². The highest BCUT2D eigenvalue weighted by Gasteiger charge is 2.28. The van der Waals surface area contributed by atoms with Gasteiger partial charge >= 0.3 is 0 Å². The van der Waals surface area contributed by atoms with Crippen LogP contribution in [-0.4, -0.2) is 48.2 Å². The van der Waals surface area contributed by atoms with Crippen molar-refractivity contribution >= 4 is 34.4 Å². The Morgan fingerprint density at radius 1 is 1.18 bits per heavy atom. The van der Waals surface area contributed by atoms with Gasteiger partial charge in [-0.2, -0.15) is 0 Å². The molecule has 2 aromatic carbocycles. The molecule has 2 aliphatic rings. The topological polar surface area (TPSA) is 88.2 Å². The molecule has 5 rings (SSSR count). The van der Waals surface area contributed by atoms with Gasteiger partial charge in [-0.15, -0.1) is 0 Å². The Hall–Kier alpha value is -2.81. The van der Waals surface area contributed by atoms with Crippen molar-refractivity contribution in [2.45, 2.75) is 31.3 Å². The summed E-state index contributed by atoms with van der Waals surface area (Å²) in [6, 6.07) is 10.0. The normalized spacial score (nSPS) is 19.8. The van der Waals surface area contributed by atoms with E-state index in [1.807, 2.05) is 6.07 Å². The van der Waals surface area contributed by atoms with E-state index in [-0.39, 0.29) is 28.9 Å². The fourth-order valence-electron chi connectivity index (χ4n) is 4.62. The van der Waals surface area contributed by atoms with Crippen LogP contribution in [0, 0.1) is 11.7 Å². The molecule has 2 fully saturated rings. The number of anilines is 1. The third kappa shape index (κ3) is 5.14. The Bertz CT molecular complexity index is 1180. The van der Waals surface area contributed by atoms with E-state index in [1.165, 1.54) is 6.07 Å². The van der Waals surface area contributed by atoms with Crippen molar-refractivity contribution in [2.75, 3.05) is 31.6 Å². The molecule has 0 unspecified atom stereocenters. The van der Waals surface area contributed by atoms with Crippen molar-refractivity contribution in [3.63, 3.8) is 0 Å². The Morgan fingerprint density at radius 3 is 2.79 bits per heavy atom. The van der Waals surface area contributed by atoms with E-state index in [2.05, 4.69) is 25.9 Å². The summed E-state index contributed by atoms with van der Waals surface area (Å²) in [6.45, 7) is 3.10. The molecule has 0 spiro atoms. The summed E-state index contributed by atoms with van der Waals surface area (Å²) < 4.78 is 19.1.